The van der Waals surface area contributed by atoms with Gasteiger partial charge in [0.15, 0.2) is 5.13 Å². The molecule has 1 amide bonds. The number of rotatable bonds is 6. The molecule has 0 saturated carbocycles. The van der Waals surface area contributed by atoms with Crippen LogP contribution in [0, 0.1) is 5.92 Å². The standard InChI is InChI=1S/C19H25N3O3S/c1-14(2)13-25-19(23)21-18-20-17(15-6-4-3-5-7-15)16(26-18)12-22-8-10-24-11-9-22/h3-7,14H,8-13H2,1-2H3,(H,20,21,23). The van der Waals surface area contributed by atoms with E-state index in [0.717, 1.165) is 49.0 Å². The average Bonchev–Trinajstić information content (AvgIpc) is 3.03. The molecule has 6 nitrogen and oxygen atoms in total. The lowest BCUT2D eigenvalue weighted by molar-refractivity contribution is 0.0347. The molecular weight excluding hydrogens is 350 g/mol. The molecule has 1 aliphatic rings. The smallest absolute Gasteiger partial charge is 0.413 e. The Kier molecular flexibility index (Phi) is 6.60. The zero-order valence-electron chi connectivity index (χ0n) is 15.2. The average molecular weight is 375 g/mol. The maximum atomic E-state index is 12.0. The third kappa shape index (κ3) is 5.27. The first-order chi connectivity index (χ1) is 12.6. The van der Waals surface area contributed by atoms with E-state index in [0.29, 0.717) is 17.7 Å². The lowest BCUT2D eigenvalue weighted by atomic mass is 10.1. The Hall–Kier alpha value is -1.96. The van der Waals surface area contributed by atoms with Gasteiger partial charge in [0.05, 0.1) is 25.5 Å². The molecule has 1 N–H and O–H groups in total. The molecule has 140 valence electrons. The first-order valence-corrected chi connectivity index (χ1v) is 9.72. The number of benzene rings is 1. The maximum absolute atomic E-state index is 12.0. The molecule has 1 aromatic carbocycles. The van der Waals surface area contributed by atoms with Crippen molar-refractivity contribution in [2.24, 2.45) is 5.92 Å². The zero-order valence-corrected chi connectivity index (χ0v) is 16.1. The number of amides is 1. The number of hydrogen-bond donors (Lipinski definition) is 1. The highest BCUT2D eigenvalue weighted by Crippen LogP contribution is 2.32. The van der Waals surface area contributed by atoms with Crippen LogP contribution in [-0.4, -0.2) is 48.9 Å². The summed E-state index contributed by atoms with van der Waals surface area (Å²) >= 11 is 1.51. The summed E-state index contributed by atoms with van der Waals surface area (Å²) in [5, 5.41) is 3.34. The van der Waals surface area contributed by atoms with Crippen LogP contribution in [0.2, 0.25) is 0 Å². The fourth-order valence-corrected chi connectivity index (χ4v) is 3.67. The molecule has 0 aliphatic carbocycles. The summed E-state index contributed by atoms with van der Waals surface area (Å²) in [6.07, 6.45) is -0.454. The van der Waals surface area contributed by atoms with Gasteiger partial charge in [-0.25, -0.2) is 9.78 Å². The SMILES string of the molecule is CC(C)COC(=O)Nc1nc(-c2ccccc2)c(CN2CCOCC2)s1. The number of aromatic nitrogens is 1. The van der Waals surface area contributed by atoms with Crippen LogP contribution in [0.5, 0.6) is 0 Å². The van der Waals surface area contributed by atoms with Crippen LogP contribution in [0.4, 0.5) is 9.93 Å². The van der Waals surface area contributed by atoms with Gasteiger partial charge in [-0.1, -0.05) is 55.5 Å². The largest absolute Gasteiger partial charge is 0.449 e. The molecule has 1 fully saturated rings. The molecule has 1 saturated heterocycles. The second-order valence-electron chi connectivity index (χ2n) is 6.66. The van der Waals surface area contributed by atoms with Crippen LogP contribution in [0.3, 0.4) is 0 Å². The highest BCUT2D eigenvalue weighted by molar-refractivity contribution is 7.16. The summed E-state index contributed by atoms with van der Waals surface area (Å²) in [4.78, 5) is 20.1. The molecule has 1 aliphatic heterocycles. The molecule has 3 rings (SSSR count). The van der Waals surface area contributed by atoms with Crippen molar-refractivity contribution in [2.45, 2.75) is 20.4 Å². The van der Waals surface area contributed by atoms with Gasteiger partial charge in [-0.2, -0.15) is 0 Å². The maximum Gasteiger partial charge on any atom is 0.413 e. The highest BCUT2D eigenvalue weighted by atomic mass is 32.1. The van der Waals surface area contributed by atoms with Crippen LogP contribution < -0.4 is 5.32 Å². The van der Waals surface area contributed by atoms with Crippen molar-refractivity contribution >= 4 is 22.6 Å². The van der Waals surface area contributed by atoms with Gasteiger partial charge in [0.1, 0.15) is 0 Å². The number of morpholine rings is 1. The minimum Gasteiger partial charge on any atom is -0.449 e. The van der Waals surface area contributed by atoms with E-state index in [2.05, 4.69) is 15.2 Å². The summed E-state index contributed by atoms with van der Waals surface area (Å²) in [6, 6.07) is 10.1. The van der Waals surface area contributed by atoms with Crippen molar-refractivity contribution in [2.75, 3.05) is 38.2 Å². The number of anilines is 1. The van der Waals surface area contributed by atoms with Crippen molar-refractivity contribution in [1.29, 1.82) is 0 Å². The van der Waals surface area contributed by atoms with Gasteiger partial charge < -0.3 is 9.47 Å². The van der Waals surface area contributed by atoms with E-state index in [1.165, 1.54) is 11.3 Å². The van der Waals surface area contributed by atoms with E-state index >= 15 is 0 Å². The number of carbonyl (C=O) groups excluding carboxylic acids is 1. The summed E-state index contributed by atoms with van der Waals surface area (Å²) in [5.41, 5.74) is 1.97. The highest BCUT2D eigenvalue weighted by Gasteiger charge is 2.19. The molecule has 1 aromatic heterocycles. The van der Waals surface area contributed by atoms with E-state index in [4.69, 9.17) is 9.47 Å². The van der Waals surface area contributed by atoms with Gasteiger partial charge in [0.25, 0.3) is 0 Å². The van der Waals surface area contributed by atoms with Gasteiger partial charge >= 0.3 is 6.09 Å². The lowest BCUT2D eigenvalue weighted by Crippen LogP contribution is -2.35. The van der Waals surface area contributed by atoms with Crippen LogP contribution in [0.1, 0.15) is 18.7 Å². The van der Waals surface area contributed by atoms with Crippen LogP contribution in [0.25, 0.3) is 11.3 Å². The van der Waals surface area contributed by atoms with Crippen LogP contribution in [0.15, 0.2) is 30.3 Å². The first kappa shape index (κ1) is 18.8. The quantitative estimate of drug-likeness (QED) is 0.831. The molecule has 0 spiro atoms. The molecule has 2 aromatic rings. The minimum atomic E-state index is -0.454. The number of hydrogen-bond acceptors (Lipinski definition) is 6. The molecule has 2 heterocycles. The van der Waals surface area contributed by atoms with Crippen molar-refractivity contribution in [3.8, 4) is 11.3 Å². The number of nitrogens with one attached hydrogen (secondary N) is 1. The number of ether oxygens (including phenoxy) is 2. The molecular formula is C19H25N3O3S. The first-order valence-electron chi connectivity index (χ1n) is 8.91. The second-order valence-corrected chi connectivity index (χ2v) is 7.75. The van der Waals surface area contributed by atoms with Crippen molar-refractivity contribution in [3.05, 3.63) is 35.2 Å². The third-order valence-corrected chi connectivity index (χ3v) is 4.93. The van der Waals surface area contributed by atoms with Crippen LogP contribution >= 0.6 is 11.3 Å². The fourth-order valence-electron chi connectivity index (χ4n) is 2.66. The van der Waals surface area contributed by atoms with Crippen molar-refractivity contribution in [1.82, 2.24) is 9.88 Å². The number of nitrogens with zero attached hydrogens (tertiary/aromatic N) is 2. The number of carbonyl (C=O) groups is 1. The minimum absolute atomic E-state index is 0.300. The Morgan fingerprint density at radius 1 is 1.31 bits per heavy atom. The number of thiazole rings is 1. The van der Waals surface area contributed by atoms with Gasteiger partial charge in [-0.15, -0.1) is 0 Å². The van der Waals surface area contributed by atoms with Gasteiger partial charge in [0, 0.05) is 30.1 Å². The lowest BCUT2D eigenvalue weighted by Gasteiger charge is -2.26. The normalized spacial score (nSPS) is 15.2. The molecule has 0 radical (unpaired) electrons. The monoisotopic (exact) mass is 375 g/mol. The summed E-state index contributed by atoms with van der Waals surface area (Å²) in [7, 11) is 0. The van der Waals surface area contributed by atoms with Crippen molar-refractivity contribution < 1.29 is 14.3 Å². The van der Waals surface area contributed by atoms with E-state index in [9.17, 15) is 4.79 Å². The Morgan fingerprint density at radius 3 is 2.73 bits per heavy atom. The summed E-state index contributed by atoms with van der Waals surface area (Å²) in [5.74, 6) is 0.300. The molecule has 7 heteroatoms. The predicted molar refractivity (Wildman–Crippen MR) is 103 cm³/mol. The Bertz CT molecular complexity index is 712. The second kappa shape index (κ2) is 9.12. The van der Waals surface area contributed by atoms with Crippen molar-refractivity contribution in [3.63, 3.8) is 0 Å². The molecule has 26 heavy (non-hydrogen) atoms. The zero-order chi connectivity index (χ0) is 18.4. The Labute approximate surface area is 158 Å². The van der Waals surface area contributed by atoms with E-state index in [-0.39, 0.29) is 0 Å². The molecule has 0 unspecified atom stereocenters. The third-order valence-electron chi connectivity index (χ3n) is 3.97. The fraction of sp³-hybridized carbons (Fsp3) is 0.474. The molecule has 0 atom stereocenters. The predicted octanol–water partition coefficient (Wildman–Crippen LogP) is 3.85. The van der Waals surface area contributed by atoms with Gasteiger partial charge in [-0.3, -0.25) is 10.2 Å². The molecule has 0 bridgehead atoms. The van der Waals surface area contributed by atoms with E-state index in [1.807, 2.05) is 44.2 Å². The topological polar surface area (TPSA) is 63.7 Å². The Balaban J connectivity index is 1.77. The van der Waals surface area contributed by atoms with E-state index in [1.54, 1.807) is 0 Å². The summed E-state index contributed by atoms with van der Waals surface area (Å²) < 4.78 is 10.6. The van der Waals surface area contributed by atoms with Crippen LogP contribution in [-0.2, 0) is 16.0 Å². The van der Waals surface area contributed by atoms with Gasteiger partial charge in [-0.05, 0) is 5.92 Å². The van der Waals surface area contributed by atoms with Gasteiger partial charge in [0.2, 0.25) is 0 Å². The van der Waals surface area contributed by atoms with E-state index < -0.39 is 6.09 Å². The summed E-state index contributed by atoms with van der Waals surface area (Å²) in [6.45, 7) is 8.53. The Morgan fingerprint density at radius 2 is 2.04 bits per heavy atom.